The molecule has 2 rings (SSSR count). The second-order valence-electron chi connectivity index (χ2n) is 4.48. The van der Waals surface area contributed by atoms with Gasteiger partial charge in [0, 0.05) is 20.3 Å². The number of thiophene rings is 1. The lowest BCUT2D eigenvalue weighted by Gasteiger charge is -2.20. The molecular formula is C11H16BrNO2S2. The minimum atomic E-state index is -2.81. The average molecular weight is 338 g/mol. The third-order valence-electron chi connectivity index (χ3n) is 3.23. The Morgan fingerprint density at radius 1 is 1.59 bits per heavy atom. The zero-order valence-corrected chi connectivity index (χ0v) is 13.1. The van der Waals surface area contributed by atoms with E-state index in [0.717, 1.165) is 10.9 Å². The number of nitrogens with one attached hydrogen (secondary N) is 1. The fourth-order valence-electron chi connectivity index (χ4n) is 2.33. The lowest BCUT2D eigenvalue weighted by Crippen LogP contribution is -2.25. The molecule has 1 N–H and O–H groups in total. The maximum atomic E-state index is 11.5. The van der Waals surface area contributed by atoms with Crippen molar-refractivity contribution < 1.29 is 8.42 Å². The SMILES string of the molecule is CNC(c1cc(Br)c(C)s1)C1CCS(=O)(=O)C1. The van der Waals surface area contributed by atoms with Crippen molar-refractivity contribution in [1.29, 1.82) is 0 Å². The molecular weight excluding hydrogens is 322 g/mol. The van der Waals surface area contributed by atoms with E-state index in [-0.39, 0.29) is 12.0 Å². The Hall–Kier alpha value is 0.0900. The fourth-order valence-corrected chi connectivity index (χ4v) is 5.94. The number of rotatable bonds is 3. The van der Waals surface area contributed by atoms with Crippen LogP contribution in [0.2, 0.25) is 0 Å². The molecule has 0 aromatic carbocycles. The highest BCUT2D eigenvalue weighted by molar-refractivity contribution is 9.10. The molecule has 1 aromatic rings. The number of sulfone groups is 1. The average Bonchev–Trinajstić information content (AvgIpc) is 2.73. The lowest BCUT2D eigenvalue weighted by molar-refractivity contribution is 0.424. The minimum absolute atomic E-state index is 0.155. The zero-order chi connectivity index (χ0) is 12.6. The van der Waals surface area contributed by atoms with E-state index in [1.165, 1.54) is 9.75 Å². The fraction of sp³-hybridized carbons (Fsp3) is 0.636. The zero-order valence-electron chi connectivity index (χ0n) is 9.86. The van der Waals surface area contributed by atoms with Crippen LogP contribution in [0.25, 0.3) is 0 Å². The molecule has 0 saturated carbocycles. The first-order chi connectivity index (χ1) is 7.93. The van der Waals surface area contributed by atoms with Crippen molar-refractivity contribution in [3.8, 4) is 0 Å². The summed E-state index contributed by atoms with van der Waals surface area (Å²) in [5, 5.41) is 3.26. The van der Waals surface area contributed by atoms with Crippen LogP contribution in [0, 0.1) is 12.8 Å². The van der Waals surface area contributed by atoms with Crippen molar-refractivity contribution in [3.63, 3.8) is 0 Å². The van der Waals surface area contributed by atoms with Gasteiger partial charge in [-0.25, -0.2) is 8.42 Å². The lowest BCUT2D eigenvalue weighted by atomic mass is 9.98. The van der Waals surface area contributed by atoms with E-state index in [4.69, 9.17) is 0 Å². The van der Waals surface area contributed by atoms with Gasteiger partial charge in [0.25, 0.3) is 0 Å². The Kier molecular flexibility index (Phi) is 3.97. The van der Waals surface area contributed by atoms with Crippen LogP contribution in [0.1, 0.15) is 22.2 Å². The number of aryl methyl sites for hydroxylation is 1. The van der Waals surface area contributed by atoms with E-state index in [2.05, 4.69) is 34.2 Å². The van der Waals surface area contributed by atoms with E-state index in [1.807, 2.05) is 7.05 Å². The van der Waals surface area contributed by atoms with Crippen molar-refractivity contribution in [2.45, 2.75) is 19.4 Å². The Labute approximate surface area is 115 Å². The molecule has 6 heteroatoms. The summed E-state index contributed by atoms with van der Waals surface area (Å²) >= 11 is 5.24. The molecule has 0 spiro atoms. The molecule has 3 nitrogen and oxygen atoms in total. The Bertz CT molecular complexity index is 490. The third-order valence-corrected chi connectivity index (χ3v) is 7.25. The van der Waals surface area contributed by atoms with Gasteiger partial charge in [-0.1, -0.05) is 0 Å². The molecule has 1 fully saturated rings. The summed E-state index contributed by atoms with van der Waals surface area (Å²) in [4.78, 5) is 2.46. The number of hydrogen-bond acceptors (Lipinski definition) is 4. The summed E-state index contributed by atoms with van der Waals surface area (Å²) in [7, 11) is -0.908. The van der Waals surface area contributed by atoms with Gasteiger partial charge in [0.15, 0.2) is 9.84 Å². The summed E-state index contributed by atoms with van der Waals surface area (Å²) < 4.78 is 24.2. The standard InChI is InChI=1S/C11H16BrNO2S2/c1-7-9(12)5-10(16-7)11(13-2)8-3-4-17(14,15)6-8/h5,8,11,13H,3-4,6H2,1-2H3. The van der Waals surface area contributed by atoms with E-state index >= 15 is 0 Å². The molecule has 96 valence electrons. The van der Waals surface area contributed by atoms with Crippen LogP contribution in [0.15, 0.2) is 10.5 Å². The van der Waals surface area contributed by atoms with Gasteiger partial charge in [-0.3, -0.25) is 0 Å². The van der Waals surface area contributed by atoms with Crippen LogP contribution in [-0.2, 0) is 9.84 Å². The van der Waals surface area contributed by atoms with Crippen LogP contribution in [0.4, 0.5) is 0 Å². The highest BCUT2D eigenvalue weighted by Crippen LogP contribution is 2.37. The van der Waals surface area contributed by atoms with Crippen molar-refractivity contribution >= 4 is 37.1 Å². The summed E-state index contributed by atoms with van der Waals surface area (Å²) in [6.07, 6.45) is 0.766. The third kappa shape index (κ3) is 2.92. The summed E-state index contributed by atoms with van der Waals surface area (Å²) in [6, 6.07) is 2.26. The molecule has 2 unspecified atom stereocenters. The topological polar surface area (TPSA) is 46.2 Å². The van der Waals surface area contributed by atoms with Crippen LogP contribution in [0.3, 0.4) is 0 Å². The smallest absolute Gasteiger partial charge is 0.150 e. The summed E-state index contributed by atoms with van der Waals surface area (Å²) in [6.45, 7) is 2.07. The van der Waals surface area contributed by atoms with Crippen LogP contribution in [-0.4, -0.2) is 27.0 Å². The van der Waals surface area contributed by atoms with Crippen molar-refractivity contribution in [2.24, 2.45) is 5.92 Å². The Balaban J connectivity index is 2.23. The molecule has 1 saturated heterocycles. The molecule has 0 radical (unpaired) electrons. The van der Waals surface area contributed by atoms with Gasteiger partial charge in [-0.15, -0.1) is 11.3 Å². The quantitative estimate of drug-likeness (QED) is 0.921. The maximum Gasteiger partial charge on any atom is 0.150 e. The monoisotopic (exact) mass is 337 g/mol. The van der Waals surface area contributed by atoms with Crippen molar-refractivity contribution in [2.75, 3.05) is 18.6 Å². The Morgan fingerprint density at radius 2 is 2.29 bits per heavy atom. The highest BCUT2D eigenvalue weighted by Gasteiger charge is 2.34. The number of hydrogen-bond donors (Lipinski definition) is 1. The normalized spacial score (nSPS) is 25.0. The number of halogens is 1. The minimum Gasteiger partial charge on any atom is -0.312 e. The highest BCUT2D eigenvalue weighted by atomic mass is 79.9. The van der Waals surface area contributed by atoms with Gasteiger partial charge in [-0.2, -0.15) is 0 Å². The first-order valence-electron chi connectivity index (χ1n) is 5.56. The molecule has 2 atom stereocenters. The van der Waals surface area contributed by atoms with Crippen LogP contribution < -0.4 is 5.32 Å². The molecule has 0 amide bonds. The van der Waals surface area contributed by atoms with Gasteiger partial charge in [0.2, 0.25) is 0 Å². The van der Waals surface area contributed by atoms with Gasteiger partial charge in [0.05, 0.1) is 11.5 Å². The van der Waals surface area contributed by atoms with E-state index in [1.54, 1.807) is 11.3 Å². The van der Waals surface area contributed by atoms with Crippen LogP contribution in [0.5, 0.6) is 0 Å². The molecule has 1 aliphatic heterocycles. The first kappa shape index (κ1) is 13.5. The molecule has 2 heterocycles. The summed E-state index contributed by atoms with van der Waals surface area (Å²) in [5.41, 5.74) is 0. The predicted molar refractivity (Wildman–Crippen MR) is 75.3 cm³/mol. The first-order valence-corrected chi connectivity index (χ1v) is 8.99. The molecule has 0 aliphatic carbocycles. The molecule has 1 aromatic heterocycles. The molecule has 0 bridgehead atoms. The second-order valence-corrected chi connectivity index (χ2v) is 8.85. The van der Waals surface area contributed by atoms with Gasteiger partial charge in [-0.05, 0) is 48.3 Å². The van der Waals surface area contributed by atoms with Crippen molar-refractivity contribution in [3.05, 3.63) is 20.3 Å². The van der Waals surface area contributed by atoms with Gasteiger partial charge in [0.1, 0.15) is 0 Å². The maximum absolute atomic E-state index is 11.5. The molecule has 17 heavy (non-hydrogen) atoms. The second kappa shape index (κ2) is 4.99. The Morgan fingerprint density at radius 3 is 2.71 bits per heavy atom. The molecule has 1 aliphatic rings. The van der Waals surface area contributed by atoms with Gasteiger partial charge < -0.3 is 5.32 Å². The van der Waals surface area contributed by atoms with Crippen molar-refractivity contribution in [1.82, 2.24) is 5.32 Å². The van der Waals surface area contributed by atoms with Crippen LogP contribution >= 0.6 is 27.3 Å². The largest absolute Gasteiger partial charge is 0.312 e. The summed E-state index contributed by atoms with van der Waals surface area (Å²) in [5.74, 6) is 0.851. The van der Waals surface area contributed by atoms with E-state index < -0.39 is 9.84 Å². The van der Waals surface area contributed by atoms with Gasteiger partial charge >= 0.3 is 0 Å². The predicted octanol–water partition coefficient (Wildman–Crippen LogP) is 2.51. The van der Waals surface area contributed by atoms with E-state index in [0.29, 0.717) is 11.5 Å². The van der Waals surface area contributed by atoms with E-state index in [9.17, 15) is 8.42 Å².